The van der Waals surface area contributed by atoms with Gasteiger partial charge in [-0.25, -0.2) is 4.98 Å². The lowest BCUT2D eigenvalue weighted by Gasteiger charge is -2.13. The van der Waals surface area contributed by atoms with E-state index < -0.39 is 0 Å². The van der Waals surface area contributed by atoms with Gasteiger partial charge in [0.25, 0.3) is 0 Å². The van der Waals surface area contributed by atoms with Gasteiger partial charge < -0.3 is 4.74 Å². The lowest BCUT2D eigenvalue weighted by molar-refractivity contribution is 0.103. The van der Waals surface area contributed by atoms with Gasteiger partial charge in [-0.15, -0.1) is 0 Å². The van der Waals surface area contributed by atoms with Gasteiger partial charge >= 0.3 is 0 Å². The zero-order valence-electron chi connectivity index (χ0n) is 15.0. The monoisotopic (exact) mass is 337 g/mol. The van der Waals surface area contributed by atoms with Crippen molar-refractivity contribution in [3.05, 3.63) is 59.0 Å². The van der Waals surface area contributed by atoms with E-state index in [0.717, 1.165) is 36.9 Å². The second kappa shape index (κ2) is 7.47. The third-order valence-electron chi connectivity index (χ3n) is 4.37. The molecule has 0 fully saturated rings. The van der Waals surface area contributed by atoms with Gasteiger partial charge in [0.1, 0.15) is 5.69 Å². The number of benzene rings is 1. The Morgan fingerprint density at radius 3 is 2.56 bits per heavy atom. The van der Waals surface area contributed by atoms with Gasteiger partial charge in [0.15, 0.2) is 0 Å². The first-order chi connectivity index (χ1) is 12.2. The first kappa shape index (κ1) is 17.1. The summed E-state index contributed by atoms with van der Waals surface area (Å²) >= 11 is 0. The van der Waals surface area contributed by atoms with Crippen molar-refractivity contribution in [2.75, 3.05) is 7.11 Å². The highest BCUT2D eigenvalue weighted by molar-refractivity contribution is 6.07. The molecule has 0 radical (unpaired) electrons. The van der Waals surface area contributed by atoms with E-state index in [4.69, 9.17) is 4.74 Å². The van der Waals surface area contributed by atoms with Crippen LogP contribution in [0, 0.1) is 0 Å². The molecule has 0 aliphatic carbocycles. The predicted octanol–water partition coefficient (Wildman–Crippen LogP) is 3.87. The average molecular weight is 337 g/mol. The van der Waals surface area contributed by atoms with Crippen LogP contribution in [0.3, 0.4) is 0 Å². The molecule has 0 unspecified atom stereocenters. The molecule has 0 amide bonds. The number of ketones is 1. The summed E-state index contributed by atoms with van der Waals surface area (Å²) < 4.78 is 7.42. The number of fused-ring (bicyclic) bond motifs is 1. The van der Waals surface area contributed by atoms with E-state index in [1.54, 1.807) is 25.4 Å². The van der Waals surface area contributed by atoms with Gasteiger partial charge in [-0.3, -0.25) is 9.20 Å². The van der Waals surface area contributed by atoms with Crippen molar-refractivity contribution in [3.8, 4) is 5.88 Å². The second-order valence-electron chi connectivity index (χ2n) is 5.99. The third-order valence-corrected chi connectivity index (χ3v) is 4.37. The predicted molar refractivity (Wildman–Crippen MR) is 97.4 cm³/mol. The Bertz CT molecular complexity index is 885. The zero-order chi connectivity index (χ0) is 17.8. The van der Waals surface area contributed by atoms with Gasteiger partial charge in [-0.05, 0) is 19.3 Å². The topological polar surface area (TPSA) is 56.5 Å². The molecule has 0 atom stereocenters. The highest BCUT2D eigenvalue weighted by Gasteiger charge is 2.19. The lowest BCUT2D eigenvalue weighted by atomic mass is 10.1. The van der Waals surface area contributed by atoms with E-state index in [1.807, 2.05) is 22.6 Å². The standard InChI is InChI=1S/C20H23N3O2/c1-4-6-12-17-15(5-2)19(25-3)22-20-21-16(13-23(17)20)18(24)14-10-8-7-9-11-14/h7-11,13H,4-6,12H2,1-3H3. The quantitative estimate of drug-likeness (QED) is 0.614. The molecule has 0 aliphatic rings. The molecule has 130 valence electrons. The molecule has 0 saturated heterocycles. The van der Waals surface area contributed by atoms with Crippen molar-refractivity contribution in [2.24, 2.45) is 0 Å². The first-order valence-corrected chi connectivity index (χ1v) is 8.74. The minimum Gasteiger partial charge on any atom is -0.481 e. The maximum atomic E-state index is 12.7. The molecular formula is C20H23N3O2. The first-order valence-electron chi connectivity index (χ1n) is 8.74. The van der Waals surface area contributed by atoms with Gasteiger partial charge in [0.05, 0.1) is 7.11 Å². The summed E-state index contributed by atoms with van der Waals surface area (Å²) in [4.78, 5) is 21.7. The number of carbonyl (C=O) groups is 1. The van der Waals surface area contributed by atoms with Crippen LogP contribution < -0.4 is 4.74 Å². The number of methoxy groups -OCH3 is 1. The molecule has 2 heterocycles. The third kappa shape index (κ3) is 3.27. The van der Waals surface area contributed by atoms with Crippen molar-refractivity contribution >= 4 is 11.6 Å². The second-order valence-corrected chi connectivity index (χ2v) is 5.99. The molecule has 5 nitrogen and oxygen atoms in total. The van der Waals surface area contributed by atoms with Gasteiger partial charge in [0.2, 0.25) is 17.4 Å². The molecular weight excluding hydrogens is 314 g/mol. The zero-order valence-corrected chi connectivity index (χ0v) is 15.0. The fourth-order valence-corrected chi connectivity index (χ4v) is 3.06. The molecule has 3 aromatic rings. The van der Waals surface area contributed by atoms with Crippen molar-refractivity contribution < 1.29 is 9.53 Å². The number of rotatable bonds is 7. The molecule has 0 bridgehead atoms. The number of nitrogens with zero attached hydrogens (tertiary/aromatic N) is 3. The maximum Gasteiger partial charge on any atom is 0.238 e. The van der Waals surface area contributed by atoms with Gasteiger partial charge in [0, 0.05) is 23.0 Å². The summed E-state index contributed by atoms with van der Waals surface area (Å²) in [6, 6.07) is 9.20. The summed E-state index contributed by atoms with van der Waals surface area (Å²) in [5.41, 5.74) is 3.25. The molecule has 25 heavy (non-hydrogen) atoms. The molecule has 0 saturated carbocycles. The number of unbranched alkanes of at least 4 members (excludes halogenated alkanes) is 1. The minimum absolute atomic E-state index is 0.0930. The molecule has 0 aliphatic heterocycles. The van der Waals surface area contributed by atoms with E-state index in [9.17, 15) is 4.79 Å². The highest BCUT2D eigenvalue weighted by atomic mass is 16.5. The normalized spacial score (nSPS) is 11.0. The summed E-state index contributed by atoms with van der Waals surface area (Å²) in [6.07, 6.45) is 5.70. The van der Waals surface area contributed by atoms with Crippen molar-refractivity contribution in [1.82, 2.24) is 14.4 Å². The summed E-state index contributed by atoms with van der Waals surface area (Å²) in [7, 11) is 1.63. The van der Waals surface area contributed by atoms with E-state index >= 15 is 0 Å². The fraction of sp³-hybridized carbons (Fsp3) is 0.350. The number of ether oxygens (including phenoxy) is 1. The average Bonchev–Trinajstić information content (AvgIpc) is 3.09. The van der Waals surface area contributed by atoms with Crippen LogP contribution in [0.5, 0.6) is 5.88 Å². The van der Waals surface area contributed by atoms with Crippen molar-refractivity contribution in [3.63, 3.8) is 0 Å². The number of hydrogen-bond donors (Lipinski definition) is 0. The van der Waals surface area contributed by atoms with Crippen molar-refractivity contribution in [2.45, 2.75) is 39.5 Å². The fourth-order valence-electron chi connectivity index (χ4n) is 3.06. The van der Waals surface area contributed by atoms with E-state index in [1.165, 1.54) is 0 Å². The smallest absolute Gasteiger partial charge is 0.238 e. The summed E-state index contributed by atoms with van der Waals surface area (Å²) in [5.74, 6) is 1.02. The summed E-state index contributed by atoms with van der Waals surface area (Å²) in [6.45, 7) is 4.26. The van der Waals surface area contributed by atoms with Crippen molar-refractivity contribution in [1.29, 1.82) is 0 Å². The van der Waals surface area contributed by atoms with Crippen LogP contribution in [-0.2, 0) is 12.8 Å². The largest absolute Gasteiger partial charge is 0.481 e. The Labute approximate surface area is 147 Å². The van der Waals surface area contributed by atoms with Crippen LogP contribution in [0.2, 0.25) is 0 Å². The molecule has 5 heteroatoms. The molecule has 1 aromatic carbocycles. The van der Waals surface area contributed by atoms with Crippen LogP contribution in [0.4, 0.5) is 0 Å². The lowest BCUT2D eigenvalue weighted by Crippen LogP contribution is -2.07. The Kier molecular flexibility index (Phi) is 5.12. The van der Waals surface area contributed by atoms with Crippen LogP contribution in [0.15, 0.2) is 36.5 Å². The highest BCUT2D eigenvalue weighted by Crippen LogP contribution is 2.25. The SMILES string of the molecule is CCCCc1c(CC)c(OC)nc2nc(C(=O)c3ccccc3)cn12. The Morgan fingerprint density at radius 1 is 1.16 bits per heavy atom. The number of aryl methyl sites for hydroxylation is 1. The van der Waals surface area contributed by atoms with Crippen LogP contribution in [-0.4, -0.2) is 27.3 Å². The number of imidazole rings is 1. The Morgan fingerprint density at radius 2 is 1.92 bits per heavy atom. The molecule has 0 N–H and O–H groups in total. The van der Waals surface area contributed by atoms with E-state index in [2.05, 4.69) is 23.8 Å². The van der Waals surface area contributed by atoms with Gasteiger partial charge in [-0.1, -0.05) is 50.6 Å². The van der Waals surface area contributed by atoms with Gasteiger partial charge in [-0.2, -0.15) is 4.98 Å². The minimum atomic E-state index is -0.0930. The Hall–Kier alpha value is -2.69. The molecule has 0 spiro atoms. The Balaban J connectivity index is 2.14. The van der Waals surface area contributed by atoms with E-state index in [0.29, 0.717) is 22.9 Å². The molecule has 2 aromatic heterocycles. The molecule has 3 rings (SSSR count). The maximum absolute atomic E-state index is 12.7. The summed E-state index contributed by atoms with van der Waals surface area (Å²) in [5, 5.41) is 0. The van der Waals surface area contributed by atoms with Crippen LogP contribution in [0.25, 0.3) is 5.78 Å². The number of hydrogen-bond acceptors (Lipinski definition) is 4. The number of carbonyl (C=O) groups excluding carboxylic acids is 1. The van der Waals surface area contributed by atoms with Crippen LogP contribution in [0.1, 0.15) is 54.0 Å². The van der Waals surface area contributed by atoms with E-state index in [-0.39, 0.29) is 5.78 Å². The van der Waals surface area contributed by atoms with Crippen LogP contribution >= 0.6 is 0 Å². The number of aromatic nitrogens is 3.